The second-order valence-corrected chi connectivity index (χ2v) is 8.16. The van der Waals surface area contributed by atoms with Crippen LogP contribution in [-0.4, -0.2) is 60.2 Å². The largest absolute Gasteiger partial charge is 0.468 e. The number of rotatable bonds is 4. The van der Waals surface area contributed by atoms with Crippen LogP contribution in [0.1, 0.15) is 17.4 Å². The van der Waals surface area contributed by atoms with Crippen molar-refractivity contribution in [2.75, 3.05) is 43.4 Å². The average Bonchev–Trinajstić information content (AvgIpc) is 3.27. The van der Waals surface area contributed by atoms with E-state index < -0.39 is 5.82 Å². The molecule has 0 bridgehead atoms. The summed E-state index contributed by atoms with van der Waals surface area (Å²) in [6.07, 6.45) is 2.49. The number of halogens is 1. The Balaban J connectivity index is 1.35. The van der Waals surface area contributed by atoms with Gasteiger partial charge in [-0.15, -0.1) is 11.8 Å². The average molecular weight is 403 g/mol. The summed E-state index contributed by atoms with van der Waals surface area (Å²) in [5.41, 5.74) is 0.259. The number of thioether (sulfide) groups is 1. The number of amides is 3. The van der Waals surface area contributed by atoms with Gasteiger partial charge in [0, 0.05) is 31.9 Å². The van der Waals surface area contributed by atoms with Gasteiger partial charge < -0.3 is 14.2 Å². The lowest BCUT2D eigenvalue weighted by atomic mass is 10.2. The van der Waals surface area contributed by atoms with E-state index in [0.29, 0.717) is 26.2 Å². The zero-order valence-electron chi connectivity index (χ0n) is 15.4. The van der Waals surface area contributed by atoms with Crippen LogP contribution in [0.5, 0.6) is 0 Å². The molecule has 6 nitrogen and oxygen atoms in total. The smallest absolute Gasteiger partial charge is 0.325 e. The first-order valence-corrected chi connectivity index (χ1v) is 10.4. The van der Waals surface area contributed by atoms with Gasteiger partial charge in [0.25, 0.3) is 0 Å². The molecule has 3 amide bonds. The Labute approximate surface area is 167 Å². The number of urea groups is 1. The molecule has 2 fully saturated rings. The van der Waals surface area contributed by atoms with E-state index in [2.05, 4.69) is 0 Å². The minimum absolute atomic E-state index is 0.0277. The molecule has 0 saturated carbocycles. The van der Waals surface area contributed by atoms with Crippen LogP contribution in [0.2, 0.25) is 0 Å². The fourth-order valence-corrected chi connectivity index (χ4v) is 4.79. The van der Waals surface area contributed by atoms with Gasteiger partial charge in [-0.25, -0.2) is 9.18 Å². The number of para-hydroxylation sites is 1. The fourth-order valence-electron chi connectivity index (χ4n) is 3.61. The van der Waals surface area contributed by atoms with Crippen LogP contribution in [0, 0.1) is 5.82 Å². The molecule has 1 atom stereocenters. The van der Waals surface area contributed by atoms with E-state index in [4.69, 9.17) is 4.42 Å². The Morgan fingerprint density at radius 3 is 2.79 bits per heavy atom. The van der Waals surface area contributed by atoms with Gasteiger partial charge in [-0.05, 0) is 30.7 Å². The van der Waals surface area contributed by atoms with Gasteiger partial charge in [-0.1, -0.05) is 12.1 Å². The van der Waals surface area contributed by atoms with Gasteiger partial charge in [0.1, 0.15) is 18.1 Å². The Bertz CT molecular complexity index is 845. The summed E-state index contributed by atoms with van der Waals surface area (Å²) >= 11 is 1.79. The summed E-state index contributed by atoms with van der Waals surface area (Å²) in [5.74, 6) is 1.27. The van der Waals surface area contributed by atoms with Gasteiger partial charge in [0.2, 0.25) is 5.91 Å². The number of carbonyl (C=O) groups is 2. The van der Waals surface area contributed by atoms with Crippen LogP contribution in [-0.2, 0) is 4.79 Å². The van der Waals surface area contributed by atoms with E-state index in [1.54, 1.807) is 36.2 Å². The molecule has 0 spiro atoms. The lowest BCUT2D eigenvalue weighted by Gasteiger charge is -2.24. The fraction of sp³-hybridized carbons (Fsp3) is 0.400. The summed E-state index contributed by atoms with van der Waals surface area (Å²) in [6, 6.07) is 9.73. The zero-order chi connectivity index (χ0) is 19.5. The molecule has 148 valence electrons. The summed E-state index contributed by atoms with van der Waals surface area (Å²) < 4.78 is 19.5. The van der Waals surface area contributed by atoms with Crippen molar-refractivity contribution in [3.63, 3.8) is 0 Å². The third kappa shape index (κ3) is 3.87. The van der Waals surface area contributed by atoms with Crippen molar-refractivity contribution in [1.82, 2.24) is 9.80 Å². The third-order valence-corrected chi connectivity index (χ3v) is 6.41. The van der Waals surface area contributed by atoms with Crippen molar-refractivity contribution < 1.29 is 18.4 Å². The molecule has 1 unspecified atom stereocenters. The highest BCUT2D eigenvalue weighted by Crippen LogP contribution is 2.34. The summed E-state index contributed by atoms with van der Waals surface area (Å²) in [6.45, 7) is 2.11. The number of benzene rings is 1. The third-order valence-electron chi connectivity index (χ3n) is 5.12. The number of furan rings is 1. The number of carbonyl (C=O) groups excluding carboxylic acids is 2. The maximum atomic E-state index is 14.0. The first-order valence-electron chi connectivity index (χ1n) is 9.37. The van der Waals surface area contributed by atoms with Crippen LogP contribution < -0.4 is 4.90 Å². The molecule has 1 aromatic heterocycles. The minimum atomic E-state index is -0.433. The first-order chi connectivity index (χ1) is 13.6. The van der Waals surface area contributed by atoms with Crippen molar-refractivity contribution >= 4 is 29.4 Å². The second kappa shape index (κ2) is 8.26. The number of hydrogen-bond donors (Lipinski definition) is 0. The molecule has 2 aromatic rings. The van der Waals surface area contributed by atoms with Crippen molar-refractivity contribution in [3.8, 4) is 0 Å². The van der Waals surface area contributed by atoms with E-state index in [0.717, 1.165) is 17.9 Å². The topological polar surface area (TPSA) is 57.0 Å². The van der Waals surface area contributed by atoms with E-state index in [-0.39, 0.29) is 29.4 Å². The van der Waals surface area contributed by atoms with Gasteiger partial charge >= 0.3 is 6.03 Å². The van der Waals surface area contributed by atoms with Crippen LogP contribution in [0.4, 0.5) is 14.9 Å². The van der Waals surface area contributed by atoms with Gasteiger partial charge in [0.15, 0.2) is 0 Å². The molecule has 2 aliphatic rings. The summed E-state index contributed by atoms with van der Waals surface area (Å²) in [7, 11) is 0. The van der Waals surface area contributed by atoms with Crippen molar-refractivity contribution in [1.29, 1.82) is 0 Å². The molecule has 0 aliphatic carbocycles. The molecule has 1 aromatic carbocycles. The van der Waals surface area contributed by atoms with Crippen LogP contribution >= 0.6 is 11.8 Å². The standard InChI is InChI=1S/C20H22FN3O3S/c21-15-4-1-2-5-16(15)24-10-9-23(20(24)26)14-19(25)22-8-7-18(28-13-11-22)17-6-3-12-27-17/h1-6,12,18H,7-11,13-14H2. The molecule has 4 rings (SSSR count). The minimum Gasteiger partial charge on any atom is -0.468 e. The molecule has 28 heavy (non-hydrogen) atoms. The normalized spacial score (nSPS) is 20.5. The highest BCUT2D eigenvalue weighted by atomic mass is 32.2. The quantitative estimate of drug-likeness (QED) is 0.786. The van der Waals surface area contributed by atoms with Gasteiger partial charge in [-0.2, -0.15) is 0 Å². The predicted molar refractivity (Wildman–Crippen MR) is 106 cm³/mol. The lowest BCUT2D eigenvalue weighted by Crippen LogP contribution is -2.43. The maximum Gasteiger partial charge on any atom is 0.325 e. The van der Waals surface area contributed by atoms with Crippen molar-refractivity contribution in [2.24, 2.45) is 0 Å². The Morgan fingerprint density at radius 2 is 2.00 bits per heavy atom. The van der Waals surface area contributed by atoms with Crippen molar-refractivity contribution in [2.45, 2.75) is 11.7 Å². The molecular weight excluding hydrogens is 381 g/mol. The second-order valence-electron chi connectivity index (χ2n) is 6.85. The SMILES string of the molecule is O=C(CN1CCN(c2ccccc2F)C1=O)N1CCSC(c2ccco2)CC1. The Hall–Kier alpha value is -2.48. The first kappa shape index (κ1) is 18.9. The molecule has 3 heterocycles. The van der Waals surface area contributed by atoms with Crippen LogP contribution in [0.15, 0.2) is 47.1 Å². The monoisotopic (exact) mass is 403 g/mol. The van der Waals surface area contributed by atoms with E-state index in [1.165, 1.54) is 15.9 Å². The molecule has 0 N–H and O–H groups in total. The number of nitrogens with zero attached hydrogens (tertiary/aromatic N) is 3. The van der Waals surface area contributed by atoms with Crippen LogP contribution in [0.25, 0.3) is 0 Å². The van der Waals surface area contributed by atoms with Gasteiger partial charge in [0.05, 0.1) is 17.2 Å². The lowest BCUT2D eigenvalue weighted by molar-refractivity contribution is -0.131. The molecule has 2 saturated heterocycles. The van der Waals surface area contributed by atoms with E-state index >= 15 is 0 Å². The highest BCUT2D eigenvalue weighted by molar-refractivity contribution is 7.99. The molecule has 8 heteroatoms. The van der Waals surface area contributed by atoms with E-state index in [9.17, 15) is 14.0 Å². The van der Waals surface area contributed by atoms with Gasteiger partial charge in [-0.3, -0.25) is 9.69 Å². The Kier molecular flexibility index (Phi) is 5.57. The number of anilines is 1. The number of hydrogen-bond acceptors (Lipinski definition) is 4. The predicted octanol–water partition coefficient (Wildman–Crippen LogP) is 3.37. The molecule has 2 aliphatic heterocycles. The summed E-state index contributed by atoms with van der Waals surface area (Å²) in [5, 5.41) is 0.248. The maximum absolute atomic E-state index is 14.0. The van der Waals surface area contributed by atoms with Crippen LogP contribution in [0.3, 0.4) is 0 Å². The zero-order valence-corrected chi connectivity index (χ0v) is 16.2. The van der Waals surface area contributed by atoms with Crippen molar-refractivity contribution in [3.05, 3.63) is 54.2 Å². The molecular formula is C20H22FN3O3S. The molecule has 0 radical (unpaired) electrons. The highest BCUT2D eigenvalue weighted by Gasteiger charge is 2.33. The van der Waals surface area contributed by atoms with E-state index in [1.807, 2.05) is 17.0 Å². The Morgan fingerprint density at radius 1 is 1.14 bits per heavy atom. The summed E-state index contributed by atoms with van der Waals surface area (Å²) in [4.78, 5) is 30.1.